The lowest BCUT2D eigenvalue weighted by molar-refractivity contribution is 0.591. The van der Waals surface area contributed by atoms with Gasteiger partial charge in [-0.2, -0.15) is 10.2 Å². The predicted octanol–water partition coefficient (Wildman–Crippen LogP) is 4.01. The lowest BCUT2D eigenvalue weighted by Crippen LogP contribution is -1.92. The van der Waals surface area contributed by atoms with E-state index in [2.05, 4.69) is 15.3 Å². The second kappa shape index (κ2) is 4.62. The third kappa shape index (κ3) is 1.81. The van der Waals surface area contributed by atoms with Crippen molar-refractivity contribution in [3.05, 3.63) is 47.2 Å². The molecule has 23 heavy (non-hydrogen) atoms. The number of aromatic amines is 1. The van der Waals surface area contributed by atoms with Gasteiger partial charge in [0.2, 0.25) is 0 Å². The normalized spacial score (nSPS) is 11.7. The van der Waals surface area contributed by atoms with Crippen molar-refractivity contribution in [2.45, 2.75) is 13.8 Å². The van der Waals surface area contributed by atoms with Crippen LogP contribution < -0.4 is 0 Å². The summed E-state index contributed by atoms with van der Waals surface area (Å²) in [5.74, 6) is -1.29. The van der Waals surface area contributed by atoms with Crippen LogP contribution in [0.2, 0.25) is 0 Å². The maximum Gasteiger partial charge on any atom is 0.154 e. The molecule has 1 N–H and O–H groups in total. The number of nitrogens with zero attached hydrogens (tertiary/aromatic N) is 3. The smallest absolute Gasteiger partial charge is 0.154 e. The number of hydrogen-bond acceptors (Lipinski definition) is 2. The molecular formula is C17H14F2N4. The fourth-order valence-electron chi connectivity index (χ4n) is 3.06. The average molecular weight is 312 g/mol. The van der Waals surface area contributed by atoms with Crippen molar-refractivity contribution in [1.82, 2.24) is 20.0 Å². The summed E-state index contributed by atoms with van der Waals surface area (Å²) in [5.41, 5.74) is 3.48. The summed E-state index contributed by atoms with van der Waals surface area (Å²) in [4.78, 5) is 0. The summed E-state index contributed by atoms with van der Waals surface area (Å²) in [6.07, 6.45) is 0. The molecule has 0 fully saturated rings. The van der Waals surface area contributed by atoms with Gasteiger partial charge in [0.15, 0.2) is 5.82 Å². The number of aromatic nitrogens is 4. The van der Waals surface area contributed by atoms with Crippen molar-refractivity contribution >= 4 is 21.8 Å². The van der Waals surface area contributed by atoms with Crippen LogP contribution in [-0.4, -0.2) is 20.0 Å². The Morgan fingerprint density at radius 3 is 2.65 bits per heavy atom. The number of benzene rings is 2. The van der Waals surface area contributed by atoms with Crippen LogP contribution in [0.5, 0.6) is 0 Å². The number of H-pyrrole nitrogens is 1. The molecule has 0 saturated heterocycles. The minimum atomic E-state index is -0.662. The molecule has 2 heterocycles. The molecule has 0 aliphatic heterocycles. The molecule has 0 aliphatic rings. The Morgan fingerprint density at radius 1 is 1.09 bits per heavy atom. The van der Waals surface area contributed by atoms with E-state index in [1.54, 1.807) is 18.7 Å². The molecule has 0 unspecified atom stereocenters. The zero-order valence-electron chi connectivity index (χ0n) is 12.9. The lowest BCUT2D eigenvalue weighted by atomic mass is 10.0. The number of para-hydroxylation sites is 1. The first kappa shape index (κ1) is 13.9. The highest BCUT2D eigenvalue weighted by molar-refractivity contribution is 6.04. The highest BCUT2D eigenvalue weighted by Crippen LogP contribution is 2.37. The Labute approximate surface area is 130 Å². The summed E-state index contributed by atoms with van der Waals surface area (Å²) in [5, 5.41) is 12.6. The molecule has 2 aromatic carbocycles. The molecule has 2 aromatic heterocycles. The SMILES string of the molecule is Cc1cccc2c(-c3c(F)cc(F)c4nn(C)c(C)c34)[nH]nc12. The van der Waals surface area contributed by atoms with Crippen molar-refractivity contribution < 1.29 is 8.78 Å². The lowest BCUT2D eigenvalue weighted by Gasteiger charge is -2.06. The van der Waals surface area contributed by atoms with Crippen molar-refractivity contribution in [2.75, 3.05) is 0 Å². The molecule has 4 rings (SSSR count). The van der Waals surface area contributed by atoms with Crippen LogP contribution in [0.4, 0.5) is 8.78 Å². The van der Waals surface area contributed by atoms with Crippen molar-refractivity contribution in [3.63, 3.8) is 0 Å². The van der Waals surface area contributed by atoms with Crippen LogP contribution in [0.15, 0.2) is 24.3 Å². The van der Waals surface area contributed by atoms with Gasteiger partial charge in [-0.25, -0.2) is 8.78 Å². The molecule has 4 aromatic rings. The number of halogens is 2. The highest BCUT2D eigenvalue weighted by atomic mass is 19.1. The third-order valence-corrected chi connectivity index (χ3v) is 4.34. The van der Waals surface area contributed by atoms with Crippen molar-refractivity contribution in [3.8, 4) is 11.3 Å². The molecule has 0 aliphatic carbocycles. The molecule has 0 amide bonds. The predicted molar refractivity (Wildman–Crippen MR) is 85.2 cm³/mol. The Kier molecular flexibility index (Phi) is 2.78. The monoisotopic (exact) mass is 312 g/mol. The van der Waals surface area contributed by atoms with Crippen molar-refractivity contribution in [2.24, 2.45) is 7.05 Å². The van der Waals surface area contributed by atoms with Gasteiger partial charge < -0.3 is 0 Å². The van der Waals surface area contributed by atoms with E-state index in [1.165, 1.54) is 0 Å². The first-order valence-electron chi connectivity index (χ1n) is 7.24. The van der Waals surface area contributed by atoms with Crippen LogP contribution >= 0.6 is 0 Å². The topological polar surface area (TPSA) is 46.5 Å². The van der Waals surface area contributed by atoms with Crippen LogP contribution in [-0.2, 0) is 7.05 Å². The molecule has 0 saturated carbocycles. The minimum absolute atomic E-state index is 0.164. The molecular weight excluding hydrogens is 298 g/mol. The average Bonchev–Trinajstić information content (AvgIpc) is 3.05. The molecule has 0 bridgehead atoms. The highest BCUT2D eigenvalue weighted by Gasteiger charge is 2.22. The van der Waals surface area contributed by atoms with Gasteiger partial charge in [-0.3, -0.25) is 9.78 Å². The minimum Gasteiger partial charge on any atom is -0.276 e. The van der Waals surface area contributed by atoms with Gasteiger partial charge in [-0.15, -0.1) is 0 Å². The van der Waals surface area contributed by atoms with Gasteiger partial charge in [0.25, 0.3) is 0 Å². The maximum absolute atomic E-state index is 14.6. The first-order chi connectivity index (χ1) is 11.0. The fourth-order valence-corrected chi connectivity index (χ4v) is 3.06. The maximum atomic E-state index is 14.6. The van der Waals surface area contributed by atoms with E-state index in [4.69, 9.17) is 0 Å². The van der Waals surface area contributed by atoms with E-state index in [0.29, 0.717) is 22.3 Å². The molecule has 0 spiro atoms. The van der Waals surface area contributed by atoms with E-state index < -0.39 is 11.6 Å². The van der Waals surface area contributed by atoms with E-state index in [-0.39, 0.29) is 5.52 Å². The number of rotatable bonds is 1. The number of hydrogen-bond donors (Lipinski definition) is 1. The Balaban J connectivity index is 2.19. The first-order valence-corrected chi connectivity index (χ1v) is 7.24. The zero-order chi connectivity index (χ0) is 16.3. The molecule has 116 valence electrons. The van der Waals surface area contributed by atoms with Gasteiger partial charge in [0, 0.05) is 35.1 Å². The Hall–Kier alpha value is -2.76. The molecule has 6 heteroatoms. The second-order valence-electron chi connectivity index (χ2n) is 5.72. The molecule has 4 nitrogen and oxygen atoms in total. The van der Waals surface area contributed by atoms with E-state index >= 15 is 0 Å². The standard InChI is InChI=1S/C17H14F2N4/c1-8-5-4-6-10-15(8)20-21-16(10)14-11(18)7-12(19)17-13(14)9(2)23(3)22-17/h4-7H,1-3H3,(H,20,21). The molecule has 0 radical (unpaired) electrons. The summed E-state index contributed by atoms with van der Waals surface area (Å²) in [6.45, 7) is 3.74. The van der Waals surface area contributed by atoms with Crippen molar-refractivity contribution in [1.29, 1.82) is 0 Å². The van der Waals surface area contributed by atoms with Gasteiger partial charge in [-0.05, 0) is 19.4 Å². The van der Waals surface area contributed by atoms with Gasteiger partial charge >= 0.3 is 0 Å². The summed E-state index contributed by atoms with van der Waals surface area (Å²) >= 11 is 0. The summed E-state index contributed by atoms with van der Waals surface area (Å²) < 4.78 is 30.3. The quantitative estimate of drug-likeness (QED) is 0.577. The second-order valence-corrected chi connectivity index (χ2v) is 5.72. The number of aryl methyl sites for hydroxylation is 3. The van der Waals surface area contributed by atoms with Crippen LogP contribution in [0.3, 0.4) is 0 Å². The molecule has 0 atom stereocenters. The third-order valence-electron chi connectivity index (χ3n) is 4.34. The van der Waals surface area contributed by atoms with E-state index in [0.717, 1.165) is 22.5 Å². The summed E-state index contributed by atoms with van der Waals surface area (Å²) in [6, 6.07) is 6.60. The Morgan fingerprint density at radius 2 is 1.87 bits per heavy atom. The van der Waals surface area contributed by atoms with E-state index in [9.17, 15) is 8.78 Å². The largest absolute Gasteiger partial charge is 0.276 e. The van der Waals surface area contributed by atoms with Gasteiger partial charge in [-0.1, -0.05) is 18.2 Å². The zero-order valence-corrected chi connectivity index (χ0v) is 12.9. The van der Waals surface area contributed by atoms with Gasteiger partial charge in [0.05, 0.1) is 11.2 Å². The fraction of sp³-hybridized carbons (Fsp3) is 0.176. The van der Waals surface area contributed by atoms with Crippen LogP contribution in [0.25, 0.3) is 33.1 Å². The number of fused-ring (bicyclic) bond motifs is 2. The number of nitrogens with one attached hydrogen (secondary N) is 1. The van der Waals surface area contributed by atoms with E-state index in [1.807, 2.05) is 25.1 Å². The van der Waals surface area contributed by atoms with Crippen LogP contribution in [0.1, 0.15) is 11.3 Å². The Bertz CT molecular complexity index is 1080. The van der Waals surface area contributed by atoms with Crippen LogP contribution in [0, 0.1) is 25.5 Å². The van der Waals surface area contributed by atoms with Gasteiger partial charge in [0.1, 0.15) is 11.3 Å². The summed E-state index contributed by atoms with van der Waals surface area (Å²) in [7, 11) is 1.71.